The van der Waals surface area contributed by atoms with E-state index in [0.29, 0.717) is 9.16 Å². The average Bonchev–Trinajstić information content (AvgIpc) is 2.41. The van der Waals surface area contributed by atoms with Gasteiger partial charge in [-0.15, -0.1) is 47.0 Å². The molecule has 1 saturated heterocycles. The lowest BCUT2D eigenvalue weighted by atomic mass is 10.9. The molecule has 0 saturated carbocycles. The maximum Gasteiger partial charge on any atom is 0.185 e. The molecule has 2 atom stereocenters. The molecular formula is C12H20O2S6. The Bertz CT molecular complexity index is 274. The lowest BCUT2D eigenvalue weighted by Gasteiger charge is -2.26. The zero-order valence-electron chi connectivity index (χ0n) is 11.7. The lowest BCUT2D eigenvalue weighted by molar-refractivity contribution is -0.109. The van der Waals surface area contributed by atoms with Crippen LogP contribution in [0.3, 0.4) is 0 Å². The summed E-state index contributed by atoms with van der Waals surface area (Å²) >= 11 is 10.9. The second-order valence-corrected chi connectivity index (χ2v) is 12.2. The van der Waals surface area contributed by atoms with Crippen molar-refractivity contribution in [3.8, 4) is 0 Å². The molecule has 0 spiro atoms. The summed E-state index contributed by atoms with van der Waals surface area (Å²) in [4.78, 5) is 21.6. The van der Waals surface area contributed by atoms with Crippen LogP contribution in [0.1, 0.15) is 13.8 Å². The van der Waals surface area contributed by atoms with Crippen LogP contribution in [0.4, 0.5) is 0 Å². The molecule has 2 nitrogen and oxygen atoms in total. The van der Waals surface area contributed by atoms with Gasteiger partial charge in [-0.3, -0.25) is 9.59 Å². The summed E-state index contributed by atoms with van der Waals surface area (Å²) in [6.07, 6.45) is 0. The molecule has 0 amide bonds. The molecule has 8 heteroatoms. The van der Waals surface area contributed by atoms with Gasteiger partial charge in [0.1, 0.15) is 0 Å². The second-order valence-electron chi connectivity index (χ2n) is 3.95. The highest BCUT2D eigenvalue weighted by molar-refractivity contribution is 8.24. The molecule has 1 rings (SSSR count). The molecule has 0 radical (unpaired) electrons. The summed E-state index contributed by atoms with van der Waals surface area (Å²) in [7, 11) is 0. The van der Waals surface area contributed by atoms with Crippen LogP contribution < -0.4 is 0 Å². The lowest BCUT2D eigenvalue weighted by Crippen LogP contribution is -2.18. The van der Waals surface area contributed by atoms with Crippen molar-refractivity contribution in [2.45, 2.75) is 23.0 Å². The number of thioether (sulfide) groups is 6. The first kappa shape index (κ1) is 19.5. The Hall–Kier alpha value is 1.44. The van der Waals surface area contributed by atoms with Crippen LogP contribution in [0.5, 0.6) is 0 Å². The van der Waals surface area contributed by atoms with Crippen LogP contribution in [-0.4, -0.2) is 53.9 Å². The van der Waals surface area contributed by atoms with E-state index in [2.05, 4.69) is 0 Å². The average molecular weight is 389 g/mol. The molecule has 20 heavy (non-hydrogen) atoms. The van der Waals surface area contributed by atoms with Crippen molar-refractivity contribution < 1.29 is 9.59 Å². The van der Waals surface area contributed by atoms with Gasteiger partial charge in [0, 0.05) is 48.4 Å². The molecule has 1 aliphatic heterocycles. The van der Waals surface area contributed by atoms with Crippen molar-refractivity contribution in [3.05, 3.63) is 0 Å². The highest BCUT2D eigenvalue weighted by Gasteiger charge is 2.22. The van der Waals surface area contributed by atoms with Gasteiger partial charge in [0.25, 0.3) is 0 Å². The SMILES string of the molecule is CC(=O)SCCSC1CSC(SCCSC(C)=O)CS1. The molecular weight excluding hydrogens is 369 g/mol. The summed E-state index contributed by atoms with van der Waals surface area (Å²) in [6.45, 7) is 3.26. The predicted molar refractivity (Wildman–Crippen MR) is 104 cm³/mol. The summed E-state index contributed by atoms with van der Waals surface area (Å²) < 4.78 is 1.35. The van der Waals surface area contributed by atoms with E-state index in [1.165, 1.54) is 35.0 Å². The standard InChI is InChI=1S/C12H20O2S6/c1-9(13)15-3-5-17-11-7-20-12(8-19-11)18-6-4-16-10(2)14/h11-12H,3-8H2,1-2H3. The Kier molecular flexibility index (Phi) is 11.6. The molecule has 1 aliphatic rings. The van der Waals surface area contributed by atoms with Crippen LogP contribution in [0.15, 0.2) is 0 Å². The second kappa shape index (κ2) is 11.9. The van der Waals surface area contributed by atoms with Crippen molar-refractivity contribution in [1.29, 1.82) is 0 Å². The molecule has 0 aromatic rings. The molecule has 0 aromatic heterocycles. The Balaban J connectivity index is 1.99. The van der Waals surface area contributed by atoms with Crippen molar-refractivity contribution >= 4 is 80.8 Å². The smallest absolute Gasteiger partial charge is 0.185 e. The van der Waals surface area contributed by atoms with Gasteiger partial charge in [-0.1, -0.05) is 23.5 Å². The largest absolute Gasteiger partial charge is 0.288 e. The number of carbonyl (C=O) groups excluding carboxylic acids is 2. The first-order valence-corrected chi connectivity index (χ1v) is 12.5. The van der Waals surface area contributed by atoms with Crippen molar-refractivity contribution in [2.24, 2.45) is 0 Å². The van der Waals surface area contributed by atoms with E-state index < -0.39 is 0 Å². The number of carbonyl (C=O) groups is 2. The van der Waals surface area contributed by atoms with Crippen molar-refractivity contribution in [1.82, 2.24) is 0 Å². The number of hydrogen-bond acceptors (Lipinski definition) is 8. The third-order valence-corrected chi connectivity index (χ3v) is 10.9. The first-order valence-electron chi connectivity index (χ1n) is 6.31. The third-order valence-electron chi connectivity index (χ3n) is 2.22. The monoisotopic (exact) mass is 388 g/mol. The zero-order valence-corrected chi connectivity index (χ0v) is 16.6. The summed E-state index contributed by atoms with van der Waals surface area (Å²) in [5.74, 6) is 6.38. The fraction of sp³-hybridized carbons (Fsp3) is 0.833. The van der Waals surface area contributed by atoms with E-state index in [4.69, 9.17) is 0 Å². The molecule has 116 valence electrons. The molecule has 0 N–H and O–H groups in total. The Morgan fingerprint density at radius 2 is 1.25 bits per heavy atom. The highest BCUT2D eigenvalue weighted by atomic mass is 32.2. The van der Waals surface area contributed by atoms with Gasteiger partial charge in [0.05, 0.1) is 9.16 Å². The van der Waals surface area contributed by atoms with Gasteiger partial charge in [0.2, 0.25) is 0 Å². The van der Waals surface area contributed by atoms with Crippen LogP contribution in [0, 0.1) is 0 Å². The molecule has 1 fully saturated rings. The summed E-state index contributed by atoms with van der Waals surface area (Å²) in [6, 6.07) is 0. The van der Waals surface area contributed by atoms with Crippen molar-refractivity contribution in [2.75, 3.05) is 34.5 Å². The highest BCUT2D eigenvalue weighted by Crippen LogP contribution is 2.40. The molecule has 2 unspecified atom stereocenters. The molecule has 0 aliphatic carbocycles. The maximum atomic E-state index is 10.8. The topological polar surface area (TPSA) is 34.1 Å². The van der Waals surface area contributed by atoms with Gasteiger partial charge < -0.3 is 0 Å². The summed E-state index contributed by atoms with van der Waals surface area (Å²) in [5.41, 5.74) is 0. The van der Waals surface area contributed by atoms with E-state index in [1.807, 2.05) is 47.0 Å². The quantitative estimate of drug-likeness (QED) is 0.574. The van der Waals surface area contributed by atoms with E-state index in [-0.39, 0.29) is 10.2 Å². The fourth-order valence-corrected chi connectivity index (χ4v) is 8.97. The van der Waals surface area contributed by atoms with E-state index in [9.17, 15) is 9.59 Å². The molecule has 0 bridgehead atoms. The van der Waals surface area contributed by atoms with Crippen LogP contribution in [0.25, 0.3) is 0 Å². The van der Waals surface area contributed by atoms with Gasteiger partial charge in [0.15, 0.2) is 10.2 Å². The van der Waals surface area contributed by atoms with Crippen molar-refractivity contribution in [3.63, 3.8) is 0 Å². The fourth-order valence-electron chi connectivity index (χ4n) is 1.39. The third kappa shape index (κ3) is 10.2. The molecule has 1 heterocycles. The number of hydrogen-bond donors (Lipinski definition) is 0. The zero-order chi connectivity index (χ0) is 14.8. The predicted octanol–water partition coefficient (Wildman–Crippen LogP) is 4.14. The van der Waals surface area contributed by atoms with Gasteiger partial charge >= 0.3 is 0 Å². The van der Waals surface area contributed by atoms with E-state index in [0.717, 1.165) is 23.0 Å². The van der Waals surface area contributed by atoms with Crippen LogP contribution >= 0.6 is 70.6 Å². The Morgan fingerprint density at radius 3 is 1.55 bits per heavy atom. The van der Waals surface area contributed by atoms with Gasteiger partial charge in [-0.2, -0.15) is 0 Å². The summed E-state index contributed by atoms with van der Waals surface area (Å²) in [5, 5.41) is 0.437. The van der Waals surface area contributed by atoms with E-state index >= 15 is 0 Å². The Morgan fingerprint density at radius 1 is 0.850 bits per heavy atom. The first-order chi connectivity index (χ1) is 9.58. The minimum Gasteiger partial charge on any atom is -0.288 e. The minimum atomic E-state index is 0.219. The van der Waals surface area contributed by atoms with E-state index in [1.54, 1.807) is 13.8 Å². The van der Waals surface area contributed by atoms with Gasteiger partial charge in [-0.05, 0) is 0 Å². The Labute approximate surface area is 147 Å². The molecule has 0 aromatic carbocycles. The number of rotatable bonds is 8. The van der Waals surface area contributed by atoms with Gasteiger partial charge in [-0.25, -0.2) is 0 Å². The van der Waals surface area contributed by atoms with Crippen LogP contribution in [-0.2, 0) is 9.59 Å². The maximum absolute atomic E-state index is 10.8. The normalized spacial score (nSPS) is 22.7. The minimum absolute atomic E-state index is 0.219. The van der Waals surface area contributed by atoms with Crippen LogP contribution in [0.2, 0.25) is 0 Å².